The van der Waals surface area contributed by atoms with Gasteiger partial charge in [0.15, 0.2) is 0 Å². The van der Waals surface area contributed by atoms with Crippen LogP contribution in [0.3, 0.4) is 0 Å². The highest BCUT2D eigenvalue weighted by atomic mass is 32.2. The summed E-state index contributed by atoms with van der Waals surface area (Å²) < 4.78 is 0. The molecule has 3 nitrogen and oxygen atoms in total. The van der Waals surface area contributed by atoms with Gasteiger partial charge >= 0.3 is 0 Å². The molecule has 1 heterocycles. The molecule has 0 amide bonds. The fraction of sp³-hybridized carbons (Fsp3) is 0.500. The fourth-order valence-electron chi connectivity index (χ4n) is 2.26. The van der Waals surface area contributed by atoms with Gasteiger partial charge in [-0.1, -0.05) is 12.1 Å². The highest BCUT2D eigenvalue weighted by Crippen LogP contribution is 2.24. The number of rotatable bonds is 4. The smallest absolute Gasteiger partial charge is 0.0639 e. The molecule has 0 aromatic heterocycles. The van der Waals surface area contributed by atoms with Crippen LogP contribution in [0.2, 0.25) is 0 Å². The van der Waals surface area contributed by atoms with Crippen LogP contribution in [-0.4, -0.2) is 42.9 Å². The lowest BCUT2D eigenvalue weighted by molar-refractivity contribution is 0.185. The van der Waals surface area contributed by atoms with Crippen molar-refractivity contribution in [1.82, 2.24) is 10.2 Å². The van der Waals surface area contributed by atoms with Gasteiger partial charge < -0.3 is 5.32 Å². The lowest BCUT2D eigenvalue weighted by Gasteiger charge is -2.33. The molecule has 1 aliphatic rings. The average Bonchev–Trinajstić information content (AvgIpc) is 2.45. The molecule has 18 heavy (non-hydrogen) atoms. The molecular weight excluding hydrogens is 242 g/mol. The standard InChI is InChI=1S/C14H21N3S/c1-12(17-8-6-15-7-9-17)13-4-3-5-14(10-13)16-11-18-2/h3-5,10-12,15H,6-9H2,1-2H3. The van der Waals surface area contributed by atoms with Gasteiger partial charge in [0.05, 0.1) is 11.2 Å². The number of aliphatic imine (C=N–C) groups is 1. The van der Waals surface area contributed by atoms with Crippen molar-refractivity contribution in [3.05, 3.63) is 29.8 Å². The normalized spacial score (nSPS) is 19.2. The van der Waals surface area contributed by atoms with Gasteiger partial charge in [-0.25, -0.2) is 0 Å². The van der Waals surface area contributed by atoms with Gasteiger partial charge in [0.25, 0.3) is 0 Å². The van der Waals surface area contributed by atoms with Crippen molar-refractivity contribution in [3.63, 3.8) is 0 Å². The molecule has 1 aromatic rings. The molecule has 0 bridgehead atoms. The summed E-state index contributed by atoms with van der Waals surface area (Å²) in [7, 11) is 0. The highest BCUT2D eigenvalue weighted by Gasteiger charge is 2.17. The van der Waals surface area contributed by atoms with E-state index in [0.717, 1.165) is 31.9 Å². The third-order valence-electron chi connectivity index (χ3n) is 3.36. The van der Waals surface area contributed by atoms with Crippen LogP contribution < -0.4 is 5.32 Å². The minimum atomic E-state index is 0.469. The Hall–Kier alpha value is -0.840. The van der Waals surface area contributed by atoms with Crippen LogP contribution in [0.1, 0.15) is 18.5 Å². The Morgan fingerprint density at radius 3 is 2.89 bits per heavy atom. The molecule has 2 rings (SSSR count). The zero-order valence-corrected chi connectivity index (χ0v) is 11.9. The maximum Gasteiger partial charge on any atom is 0.0639 e. The van der Waals surface area contributed by atoms with E-state index in [1.165, 1.54) is 5.56 Å². The molecule has 0 aliphatic carbocycles. The van der Waals surface area contributed by atoms with Crippen LogP contribution in [-0.2, 0) is 0 Å². The van der Waals surface area contributed by atoms with Crippen molar-refractivity contribution in [1.29, 1.82) is 0 Å². The molecule has 1 fully saturated rings. The van der Waals surface area contributed by atoms with Crippen molar-refractivity contribution in [2.45, 2.75) is 13.0 Å². The average molecular weight is 263 g/mol. The molecule has 1 aromatic carbocycles. The van der Waals surface area contributed by atoms with E-state index in [-0.39, 0.29) is 0 Å². The maximum absolute atomic E-state index is 4.42. The molecule has 1 N–H and O–H groups in total. The van der Waals surface area contributed by atoms with Crippen molar-refractivity contribution < 1.29 is 0 Å². The molecule has 1 unspecified atom stereocenters. The van der Waals surface area contributed by atoms with Crippen molar-refractivity contribution in [2.75, 3.05) is 32.4 Å². The van der Waals surface area contributed by atoms with E-state index in [9.17, 15) is 0 Å². The second kappa shape index (κ2) is 6.92. The summed E-state index contributed by atoms with van der Waals surface area (Å²) in [4.78, 5) is 6.94. The van der Waals surface area contributed by atoms with Crippen LogP contribution in [0.15, 0.2) is 29.3 Å². The predicted octanol–water partition coefficient (Wildman–Crippen LogP) is 2.68. The molecule has 4 heteroatoms. The summed E-state index contributed by atoms with van der Waals surface area (Å²) in [6.45, 7) is 6.71. The summed E-state index contributed by atoms with van der Waals surface area (Å²) in [5.74, 6) is 0. The minimum absolute atomic E-state index is 0.469. The molecular formula is C14H21N3S. The second-order valence-electron chi connectivity index (χ2n) is 4.53. The molecule has 1 saturated heterocycles. The summed E-state index contributed by atoms with van der Waals surface area (Å²) >= 11 is 1.63. The molecule has 0 radical (unpaired) electrons. The monoisotopic (exact) mass is 263 g/mol. The zero-order chi connectivity index (χ0) is 12.8. The van der Waals surface area contributed by atoms with Crippen molar-refractivity contribution in [2.24, 2.45) is 4.99 Å². The first kappa shape index (κ1) is 13.6. The Morgan fingerprint density at radius 1 is 1.39 bits per heavy atom. The predicted molar refractivity (Wildman–Crippen MR) is 81.0 cm³/mol. The van der Waals surface area contributed by atoms with Gasteiger partial charge in [-0.15, -0.1) is 11.8 Å². The topological polar surface area (TPSA) is 27.6 Å². The van der Waals surface area contributed by atoms with E-state index in [1.807, 2.05) is 11.8 Å². The van der Waals surface area contributed by atoms with E-state index in [2.05, 4.69) is 46.4 Å². The Kier molecular flexibility index (Phi) is 5.23. The summed E-state index contributed by atoms with van der Waals surface area (Å²) in [5.41, 5.74) is 4.28. The van der Waals surface area contributed by atoms with Gasteiger partial charge in [0.1, 0.15) is 0 Å². The van der Waals surface area contributed by atoms with Gasteiger partial charge in [-0.2, -0.15) is 0 Å². The van der Waals surface area contributed by atoms with Gasteiger partial charge in [0, 0.05) is 32.2 Å². The number of nitrogens with one attached hydrogen (secondary N) is 1. The minimum Gasteiger partial charge on any atom is -0.314 e. The van der Waals surface area contributed by atoms with E-state index in [1.54, 1.807) is 11.8 Å². The first-order valence-corrected chi connectivity index (χ1v) is 7.70. The second-order valence-corrected chi connectivity index (χ2v) is 5.21. The van der Waals surface area contributed by atoms with Crippen LogP contribution >= 0.6 is 11.8 Å². The number of thioether (sulfide) groups is 1. The lowest BCUT2D eigenvalue weighted by Crippen LogP contribution is -2.44. The van der Waals surface area contributed by atoms with E-state index in [4.69, 9.17) is 0 Å². The molecule has 98 valence electrons. The number of nitrogens with zero attached hydrogens (tertiary/aromatic N) is 2. The lowest BCUT2D eigenvalue weighted by atomic mass is 10.1. The quantitative estimate of drug-likeness (QED) is 0.668. The van der Waals surface area contributed by atoms with Gasteiger partial charge in [-0.3, -0.25) is 9.89 Å². The third kappa shape index (κ3) is 3.57. The highest BCUT2D eigenvalue weighted by molar-refractivity contribution is 8.11. The van der Waals surface area contributed by atoms with E-state index >= 15 is 0 Å². The largest absolute Gasteiger partial charge is 0.314 e. The number of hydrogen-bond donors (Lipinski definition) is 1. The summed E-state index contributed by atoms with van der Waals surface area (Å²) in [6, 6.07) is 9.02. The van der Waals surface area contributed by atoms with E-state index < -0.39 is 0 Å². The Labute approximate surface area is 114 Å². The van der Waals surface area contributed by atoms with Gasteiger partial charge in [0.2, 0.25) is 0 Å². The van der Waals surface area contributed by atoms with Crippen LogP contribution in [0.25, 0.3) is 0 Å². The zero-order valence-electron chi connectivity index (χ0n) is 11.1. The number of benzene rings is 1. The number of piperazine rings is 1. The maximum atomic E-state index is 4.42. The first-order valence-electron chi connectivity index (χ1n) is 6.41. The Balaban J connectivity index is 2.09. The molecule has 1 atom stereocenters. The SMILES string of the molecule is CSC=Nc1cccc(C(C)N2CCNCC2)c1. The van der Waals surface area contributed by atoms with Crippen LogP contribution in [0.4, 0.5) is 5.69 Å². The van der Waals surface area contributed by atoms with Crippen molar-refractivity contribution >= 4 is 23.0 Å². The summed E-state index contributed by atoms with van der Waals surface area (Å²) in [5, 5.41) is 3.39. The first-order chi connectivity index (χ1) is 8.81. The van der Waals surface area contributed by atoms with Crippen LogP contribution in [0.5, 0.6) is 0 Å². The fourth-order valence-corrected chi connectivity index (χ4v) is 2.49. The summed E-state index contributed by atoms with van der Waals surface area (Å²) in [6.07, 6.45) is 2.02. The Bertz CT molecular complexity index is 400. The number of hydrogen-bond acceptors (Lipinski definition) is 4. The Morgan fingerprint density at radius 2 is 2.17 bits per heavy atom. The van der Waals surface area contributed by atoms with E-state index in [0.29, 0.717) is 6.04 Å². The van der Waals surface area contributed by atoms with Crippen molar-refractivity contribution in [3.8, 4) is 0 Å². The molecule has 0 saturated carbocycles. The molecule has 0 spiro atoms. The van der Waals surface area contributed by atoms with Crippen LogP contribution in [0, 0.1) is 0 Å². The van der Waals surface area contributed by atoms with Gasteiger partial charge in [-0.05, 0) is 30.9 Å². The third-order valence-corrected chi connectivity index (χ3v) is 3.68. The molecule has 1 aliphatic heterocycles.